The number of benzene rings is 2. The number of hydrogen-bond donors (Lipinski definition) is 0. The van der Waals surface area contributed by atoms with E-state index < -0.39 is 0 Å². The van der Waals surface area contributed by atoms with Crippen molar-refractivity contribution >= 4 is 46.4 Å². The van der Waals surface area contributed by atoms with Crippen molar-refractivity contribution in [1.29, 1.82) is 0 Å². The SMILES string of the molecule is C[n+]1ccc(-c2c3nc(c(-c4ccccc4)c4ccc([n-]4)c(-c4ccccc4)c4nc(c(-c5cc[n+](C)cc5)c5ccc2[n-]5)C=C4)C=C3)cc1.[Ni+2]. The summed E-state index contributed by atoms with van der Waals surface area (Å²) in [7, 11) is 4.05. The number of fused-ring (bicyclic) bond motifs is 8. The Morgan fingerprint density at radius 1 is 0.373 bits per heavy atom. The van der Waals surface area contributed by atoms with Gasteiger partial charge in [-0.25, -0.2) is 19.1 Å². The molecule has 9 rings (SSSR count). The van der Waals surface area contributed by atoms with E-state index in [2.05, 4.69) is 146 Å². The van der Waals surface area contributed by atoms with Crippen LogP contribution in [0.2, 0.25) is 0 Å². The van der Waals surface area contributed by atoms with Gasteiger partial charge in [-0.3, -0.25) is 0 Å². The minimum Gasteiger partial charge on any atom is -0.657 e. The summed E-state index contributed by atoms with van der Waals surface area (Å²) in [6, 6.07) is 37.7. The van der Waals surface area contributed by atoms with Crippen LogP contribution in [0.25, 0.3) is 90.9 Å². The average molecular weight is 703 g/mol. The molecule has 6 nitrogen and oxygen atoms in total. The van der Waals surface area contributed by atoms with Crippen LogP contribution in [0.4, 0.5) is 0 Å². The number of nitrogens with zero attached hydrogens (tertiary/aromatic N) is 6. The Hall–Kier alpha value is -6.17. The molecule has 7 heteroatoms. The minimum absolute atomic E-state index is 0. The molecule has 0 N–H and O–H groups in total. The molecule has 0 saturated heterocycles. The van der Waals surface area contributed by atoms with Gasteiger partial charge in [0.25, 0.3) is 0 Å². The van der Waals surface area contributed by atoms with E-state index in [1.54, 1.807) is 0 Å². The predicted molar refractivity (Wildman–Crippen MR) is 201 cm³/mol. The van der Waals surface area contributed by atoms with Gasteiger partial charge in [-0.15, -0.1) is 22.1 Å². The molecule has 5 aromatic heterocycles. The van der Waals surface area contributed by atoms with Gasteiger partial charge in [0.15, 0.2) is 24.8 Å². The Morgan fingerprint density at radius 2 is 0.647 bits per heavy atom. The maximum atomic E-state index is 5.34. The van der Waals surface area contributed by atoms with Crippen LogP contribution in [0, 0.1) is 0 Å². The van der Waals surface area contributed by atoms with Crippen LogP contribution in [0.5, 0.6) is 0 Å². The quantitative estimate of drug-likeness (QED) is 0.137. The summed E-state index contributed by atoms with van der Waals surface area (Å²) >= 11 is 0. The first kappa shape index (κ1) is 32.1. The van der Waals surface area contributed by atoms with Crippen molar-refractivity contribution in [2.45, 2.75) is 0 Å². The molecule has 246 valence electrons. The van der Waals surface area contributed by atoms with Crippen molar-refractivity contribution in [2.75, 3.05) is 0 Å². The molecule has 2 aliphatic rings. The molecule has 7 aromatic rings. The summed E-state index contributed by atoms with van der Waals surface area (Å²) in [6.45, 7) is 0. The van der Waals surface area contributed by atoms with Crippen LogP contribution in [0.1, 0.15) is 22.8 Å². The second kappa shape index (κ2) is 13.3. The van der Waals surface area contributed by atoms with Crippen LogP contribution in [-0.2, 0) is 30.6 Å². The van der Waals surface area contributed by atoms with Crippen molar-refractivity contribution < 1.29 is 25.6 Å². The predicted octanol–water partition coefficient (Wildman–Crippen LogP) is 8.23. The van der Waals surface area contributed by atoms with Crippen LogP contribution >= 0.6 is 0 Å². The van der Waals surface area contributed by atoms with Crippen LogP contribution < -0.4 is 19.1 Å². The molecule has 2 aromatic carbocycles. The molecule has 7 heterocycles. The van der Waals surface area contributed by atoms with E-state index in [1.165, 1.54) is 0 Å². The zero-order chi connectivity index (χ0) is 33.6. The summed E-state index contributed by atoms with van der Waals surface area (Å²) < 4.78 is 4.07. The first-order valence-corrected chi connectivity index (χ1v) is 16.7. The summed E-state index contributed by atoms with van der Waals surface area (Å²) in [6.07, 6.45) is 16.6. The van der Waals surface area contributed by atoms with Crippen LogP contribution in [0.15, 0.2) is 134 Å². The van der Waals surface area contributed by atoms with Gasteiger partial charge in [-0.1, -0.05) is 84.9 Å². The first-order chi connectivity index (χ1) is 24.6. The van der Waals surface area contributed by atoms with Gasteiger partial charge in [-0.05, 0) is 68.8 Å². The second-order valence-corrected chi connectivity index (χ2v) is 12.6. The van der Waals surface area contributed by atoms with E-state index in [4.69, 9.17) is 19.9 Å². The molecule has 0 fully saturated rings. The van der Waals surface area contributed by atoms with Gasteiger partial charge >= 0.3 is 16.5 Å². The van der Waals surface area contributed by atoms with Crippen molar-refractivity contribution in [3.05, 3.63) is 157 Å². The fourth-order valence-electron chi connectivity index (χ4n) is 6.82. The van der Waals surface area contributed by atoms with Crippen molar-refractivity contribution in [1.82, 2.24) is 19.9 Å². The van der Waals surface area contributed by atoms with E-state index >= 15 is 0 Å². The number of hydrogen-bond acceptors (Lipinski definition) is 2. The molecule has 51 heavy (non-hydrogen) atoms. The molecule has 8 bridgehead atoms. The zero-order valence-corrected chi connectivity index (χ0v) is 29.0. The molecule has 0 radical (unpaired) electrons. The van der Waals surface area contributed by atoms with Gasteiger partial charge in [-0.2, -0.15) is 0 Å². The summed E-state index contributed by atoms with van der Waals surface area (Å²) in [5, 5.41) is 0. The molecule has 0 aliphatic carbocycles. The van der Waals surface area contributed by atoms with Crippen LogP contribution in [-0.4, -0.2) is 9.97 Å². The second-order valence-electron chi connectivity index (χ2n) is 12.6. The van der Waals surface area contributed by atoms with E-state index in [9.17, 15) is 0 Å². The molecule has 0 unspecified atom stereocenters. The van der Waals surface area contributed by atoms with Crippen molar-refractivity contribution in [3.8, 4) is 44.5 Å². The number of aryl methyl sites for hydroxylation is 2. The molecule has 0 spiro atoms. The van der Waals surface area contributed by atoms with E-state index in [-0.39, 0.29) is 16.5 Å². The minimum atomic E-state index is 0. The molecule has 2 aliphatic heterocycles. The summed E-state index contributed by atoms with van der Waals surface area (Å²) in [4.78, 5) is 21.3. The van der Waals surface area contributed by atoms with Gasteiger partial charge in [0, 0.05) is 24.3 Å². The fourth-order valence-corrected chi connectivity index (χ4v) is 6.82. The maximum Gasteiger partial charge on any atom is 2.00 e. The first-order valence-electron chi connectivity index (χ1n) is 16.7. The van der Waals surface area contributed by atoms with Crippen molar-refractivity contribution in [3.63, 3.8) is 0 Å². The van der Waals surface area contributed by atoms with Gasteiger partial charge < -0.3 is 9.97 Å². The van der Waals surface area contributed by atoms with Gasteiger partial charge in [0.2, 0.25) is 0 Å². The van der Waals surface area contributed by atoms with Gasteiger partial charge in [0.1, 0.15) is 14.1 Å². The molecule has 0 saturated carbocycles. The Kier molecular flexibility index (Phi) is 8.35. The third-order valence-electron chi connectivity index (χ3n) is 9.27. The van der Waals surface area contributed by atoms with Crippen LogP contribution in [0.3, 0.4) is 0 Å². The molecule has 0 atom stereocenters. The summed E-state index contributed by atoms with van der Waals surface area (Å²) in [5.41, 5.74) is 14.9. The smallest absolute Gasteiger partial charge is 0.657 e. The van der Waals surface area contributed by atoms with Crippen molar-refractivity contribution in [2.24, 2.45) is 14.1 Å². The average Bonchev–Trinajstić information content (AvgIpc) is 3.98. The topological polar surface area (TPSA) is 61.7 Å². The third-order valence-corrected chi connectivity index (χ3v) is 9.27. The Balaban J connectivity index is 0.00000374. The van der Waals surface area contributed by atoms with E-state index in [1.807, 2.05) is 35.4 Å². The molecular formula is C44H32N6Ni+2. The Bertz CT molecular complexity index is 2450. The Labute approximate surface area is 306 Å². The molecular weight excluding hydrogens is 671 g/mol. The van der Waals surface area contributed by atoms with E-state index in [0.29, 0.717) is 0 Å². The fraction of sp³-hybridized carbons (Fsp3) is 0.0455. The number of rotatable bonds is 4. The normalized spacial score (nSPS) is 11.8. The zero-order valence-electron chi connectivity index (χ0n) is 28.0. The molecule has 0 amide bonds. The Morgan fingerprint density at radius 3 is 0.941 bits per heavy atom. The largest absolute Gasteiger partial charge is 2.00 e. The number of pyridine rings is 2. The summed E-state index contributed by atoms with van der Waals surface area (Å²) in [5.74, 6) is 0. The number of aromatic nitrogens is 6. The van der Waals surface area contributed by atoms with E-state index in [0.717, 1.165) is 89.4 Å². The monoisotopic (exact) mass is 702 g/mol. The van der Waals surface area contributed by atoms with Gasteiger partial charge in [0.05, 0.1) is 22.8 Å². The standard InChI is InChI=1S/C44H32N6.Ni/c1-49-25-21-31(22-26-49)43-37-17-15-35(46-37)41(29-9-5-3-6-10-29)33-13-14-34(45-33)42(30-11-7-4-8-12-30)36-16-18-38(47-36)44(40-20-19-39(43)48-40)32-23-27-50(2)28-24-32;/h3-28H,1-2H3;/q;+2. The third kappa shape index (κ3) is 5.92. The maximum absolute atomic E-state index is 5.34.